The van der Waals surface area contributed by atoms with Crippen LogP contribution in [0.1, 0.15) is 32.1 Å². The van der Waals surface area contributed by atoms with Crippen LogP contribution in [0.4, 0.5) is 13.2 Å². The summed E-state index contributed by atoms with van der Waals surface area (Å²) in [7, 11) is 0. The van der Waals surface area contributed by atoms with Gasteiger partial charge in [-0.1, -0.05) is 0 Å². The van der Waals surface area contributed by atoms with Gasteiger partial charge in [-0.2, -0.15) is 0 Å². The molecule has 2 saturated carbocycles. The van der Waals surface area contributed by atoms with E-state index in [4.69, 9.17) is 5.73 Å². The van der Waals surface area contributed by atoms with Crippen molar-refractivity contribution in [3.63, 3.8) is 0 Å². The highest BCUT2D eigenvalue weighted by molar-refractivity contribution is 5.88. The normalized spacial score (nSPS) is 35.2. The minimum absolute atomic E-state index is 0.106. The second-order valence-electron chi connectivity index (χ2n) is 7.31. The summed E-state index contributed by atoms with van der Waals surface area (Å²) in [6.07, 6.45) is -2.35. The van der Waals surface area contributed by atoms with Crippen LogP contribution in [0.5, 0.6) is 0 Å². The van der Waals surface area contributed by atoms with E-state index in [9.17, 15) is 27.6 Å². The van der Waals surface area contributed by atoms with Gasteiger partial charge in [0.1, 0.15) is 6.61 Å². The molecule has 0 aromatic heterocycles. The number of rotatable bonds is 7. The third-order valence-corrected chi connectivity index (χ3v) is 6.09. The summed E-state index contributed by atoms with van der Waals surface area (Å²) in [5.41, 5.74) is 4.78. The molecular weight excluding hydrogens is 341 g/mol. The van der Waals surface area contributed by atoms with Crippen molar-refractivity contribution in [2.24, 2.45) is 34.8 Å². The van der Waals surface area contributed by atoms with Gasteiger partial charge in [-0.15, -0.1) is 13.2 Å². The van der Waals surface area contributed by atoms with Gasteiger partial charge in [-0.05, 0) is 43.4 Å². The lowest BCUT2D eigenvalue weighted by molar-refractivity contribution is -0.321. The lowest BCUT2D eigenvalue weighted by atomic mass is 9.72. The predicted molar refractivity (Wildman–Crippen MR) is 78.7 cm³/mol. The minimum atomic E-state index is -4.90. The highest BCUT2D eigenvalue weighted by Gasteiger charge is 2.69. The zero-order chi connectivity index (χ0) is 18.4. The van der Waals surface area contributed by atoms with Gasteiger partial charge in [0, 0.05) is 24.3 Å². The third-order valence-electron chi connectivity index (χ3n) is 6.09. The Morgan fingerprint density at radius 3 is 2.56 bits per heavy atom. The molecule has 3 unspecified atom stereocenters. The largest absolute Gasteiger partial charge is 0.522 e. The number of amides is 2. The van der Waals surface area contributed by atoms with E-state index in [2.05, 4.69) is 10.1 Å². The molecule has 3 fully saturated rings. The van der Waals surface area contributed by atoms with Gasteiger partial charge in [-0.3, -0.25) is 19.1 Å². The number of Topliss-reactive ketones (excluding diaryl/α,β-unsaturated/α-hetero) is 1. The SMILES string of the molecule is NC(=O)C1CCC2CC21[C@H](C[C@H]1CCNC1=O)C(=O)COC(F)(F)F. The van der Waals surface area contributed by atoms with E-state index >= 15 is 0 Å². The number of primary amides is 1. The summed E-state index contributed by atoms with van der Waals surface area (Å²) < 4.78 is 40.7. The fraction of sp³-hybridized carbons (Fsp3) is 0.812. The first-order valence-electron chi connectivity index (χ1n) is 8.45. The van der Waals surface area contributed by atoms with Crippen molar-refractivity contribution in [1.29, 1.82) is 0 Å². The Morgan fingerprint density at radius 1 is 1.32 bits per heavy atom. The Hall–Kier alpha value is -1.64. The maximum atomic E-state index is 12.6. The molecule has 0 bridgehead atoms. The van der Waals surface area contributed by atoms with Gasteiger partial charge in [-0.25, -0.2) is 0 Å². The number of halogens is 3. The summed E-state index contributed by atoms with van der Waals surface area (Å²) in [6, 6.07) is 0. The molecule has 0 aromatic carbocycles. The number of fused-ring (bicyclic) bond motifs is 1. The molecule has 0 radical (unpaired) electrons. The van der Waals surface area contributed by atoms with Crippen LogP contribution in [0.25, 0.3) is 0 Å². The summed E-state index contributed by atoms with van der Waals surface area (Å²) in [5.74, 6) is -3.08. The Balaban J connectivity index is 1.81. The van der Waals surface area contributed by atoms with Crippen molar-refractivity contribution in [3.05, 3.63) is 0 Å². The zero-order valence-electron chi connectivity index (χ0n) is 13.6. The topological polar surface area (TPSA) is 98.5 Å². The van der Waals surface area contributed by atoms with E-state index in [1.165, 1.54) is 0 Å². The minimum Gasteiger partial charge on any atom is -0.369 e. The molecule has 5 atom stereocenters. The van der Waals surface area contributed by atoms with Crippen molar-refractivity contribution in [2.45, 2.75) is 38.5 Å². The first-order chi connectivity index (χ1) is 11.6. The maximum Gasteiger partial charge on any atom is 0.522 e. The van der Waals surface area contributed by atoms with E-state index in [-0.39, 0.29) is 18.2 Å². The standard InChI is InChI=1S/C16H21F3N2O4/c17-16(18,19)25-7-12(22)11(5-8-3-4-21-14(8)24)15-6-9(15)1-2-10(15)13(20)23/h8-11H,1-7H2,(H2,20,23)(H,21,24)/t8-,9?,10?,11-,15?/m1/s1. The molecule has 1 heterocycles. The molecular formula is C16H21F3N2O4. The van der Waals surface area contributed by atoms with Crippen LogP contribution in [0.15, 0.2) is 0 Å². The van der Waals surface area contributed by atoms with Crippen molar-refractivity contribution < 1.29 is 32.3 Å². The fourth-order valence-corrected chi connectivity index (χ4v) is 4.94. The Bertz CT molecular complexity index is 594. The molecule has 0 spiro atoms. The van der Waals surface area contributed by atoms with Gasteiger partial charge in [0.25, 0.3) is 0 Å². The van der Waals surface area contributed by atoms with Crippen LogP contribution >= 0.6 is 0 Å². The first-order valence-corrected chi connectivity index (χ1v) is 8.45. The van der Waals surface area contributed by atoms with Crippen LogP contribution in [0.3, 0.4) is 0 Å². The van der Waals surface area contributed by atoms with Crippen molar-refractivity contribution >= 4 is 17.6 Å². The quantitative estimate of drug-likeness (QED) is 0.709. The van der Waals surface area contributed by atoms with Gasteiger partial charge in [0.2, 0.25) is 11.8 Å². The molecule has 0 aromatic rings. The van der Waals surface area contributed by atoms with Crippen molar-refractivity contribution in [3.8, 4) is 0 Å². The molecule has 1 saturated heterocycles. The monoisotopic (exact) mass is 362 g/mol. The summed E-state index contributed by atoms with van der Waals surface area (Å²) in [6.45, 7) is -0.610. The number of hydrogen-bond donors (Lipinski definition) is 2. The number of carbonyl (C=O) groups excluding carboxylic acids is 3. The van der Waals surface area contributed by atoms with Crippen LogP contribution < -0.4 is 11.1 Å². The van der Waals surface area contributed by atoms with Gasteiger partial charge in [0.15, 0.2) is 5.78 Å². The van der Waals surface area contributed by atoms with E-state index in [0.29, 0.717) is 25.8 Å². The van der Waals surface area contributed by atoms with Crippen LogP contribution in [-0.2, 0) is 19.1 Å². The molecule has 25 heavy (non-hydrogen) atoms. The maximum absolute atomic E-state index is 12.6. The van der Waals surface area contributed by atoms with Gasteiger partial charge >= 0.3 is 6.36 Å². The Kier molecular flexibility index (Phi) is 4.55. The summed E-state index contributed by atoms with van der Waals surface area (Å²) in [4.78, 5) is 36.2. The van der Waals surface area contributed by atoms with E-state index in [0.717, 1.165) is 6.42 Å². The molecule has 6 nitrogen and oxygen atoms in total. The molecule has 3 N–H and O–H groups in total. The van der Waals surface area contributed by atoms with Crippen LogP contribution in [-0.4, -0.2) is 37.1 Å². The van der Waals surface area contributed by atoms with Crippen LogP contribution in [0.2, 0.25) is 0 Å². The summed E-state index contributed by atoms with van der Waals surface area (Å²) in [5, 5.41) is 2.67. The highest BCUT2D eigenvalue weighted by Crippen LogP contribution is 2.71. The Labute approximate surface area is 142 Å². The third kappa shape index (κ3) is 3.38. The van der Waals surface area contributed by atoms with E-state index in [1.54, 1.807) is 0 Å². The first kappa shape index (κ1) is 18.2. The predicted octanol–water partition coefficient (Wildman–Crippen LogP) is 1.14. The number of alkyl halides is 3. The average Bonchev–Trinajstić information content (AvgIpc) is 2.88. The van der Waals surface area contributed by atoms with Gasteiger partial charge < -0.3 is 11.1 Å². The number of ketones is 1. The van der Waals surface area contributed by atoms with Crippen molar-refractivity contribution in [1.82, 2.24) is 5.32 Å². The Morgan fingerprint density at radius 2 is 2.04 bits per heavy atom. The molecule has 2 aliphatic carbocycles. The second kappa shape index (κ2) is 6.26. The number of nitrogens with one attached hydrogen (secondary N) is 1. The van der Waals surface area contributed by atoms with E-state index in [1.807, 2.05) is 0 Å². The number of nitrogens with two attached hydrogens (primary N) is 1. The summed E-state index contributed by atoms with van der Waals surface area (Å²) >= 11 is 0. The van der Waals surface area contributed by atoms with E-state index < -0.39 is 47.8 Å². The molecule has 140 valence electrons. The van der Waals surface area contributed by atoms with Crippen LogP contribution in [0, 0.1) is 29.1 Å². The number of hydrogen-bond acceptors (Lipinski definition) is 4. The molecule has 1 aliphatic heterocycles. The molecule has 2 amide bonds. The fourth-order valence-electron chi connectivity index (χ4n) is 4.94. The average molecular weight is 362 g/mol. The van der Waals surface area contributed by atoms with Gasteiger partial charge in [0.05, 0.1) is 0 Å². The second-order valence-corrected chi connectivity index (χ2v) is 7.31. The number of carbonyl (C=O) groups is 3. The molecule has 3 rings (SSSR count). The lowest BCUT2D eigenvalue weighted by Crippen LogP contribution is -2.40. The smallest absolute Gasteiger partial charge is 0.369 e. The zero-order valence-corrected chi connectivity index (χ0v) is 13.6. The molecule has 3 aliphatic rings. The number of ether oxygens (including phenoxy) is 1. The highest BCUT2D eigenvalue weighted by atomic mass is 19.4. The van der Waals surface area contributed by atoms with Crippen molar-refractivity contribution in [2.75, 3.05) is 13.2 Å². The molecule has 9 heteroatoms. The lowest BCUT2D eigenvalue weighted by Gasteiger charge is -2.31.